The average molecular weight is 311 g/mol. The van der Waals surface area contributed by atoms with Crippen molar-refractivity contribution in [2.45, 2.75) is 65.0 Å². The van der Waals surface area contributed by atoms with Gasteiger partial charge in [0.1, 0.15) is 0 Å². The number of guanidine groups is 1. The first kappa shape index (κ1) is 17.5. The molecule has 0 bridgehead atoms. The standard InChI is InChI=1S/C17H33N3O2/c1-4-18-16(19-11-12-21-5-2)20-14-13-15(22-6-3)17(14)9-7-8-10-17/h14-15H,4-13H2,1-3H3,(H2,18,19,20). The third-order valence-corrected chi connectivity index (χ3v) is 5.05. The highest BCUT2D eigenvalue weighted by atomic mass is 16.5. The maximum atomic E-state index is 5.98. The highest BCUT2D eigenvalue weighted by Crippen LogP contribution is 2.54. The number of rotatable bonds is 8. The van der Waals surface area contributed by atoms with Gasteiger partial charge in [-0.05, 0) is 40.0 Å². The van der Waals surface area contributed by atoms with Crippen molar-refractivity contribution in [3.8, 4) is 0 Å². The third kappa shape index (κ3) is 3.93. The molecule has 5 nitrogen and oxygen atoms in total. The quantitative estimate of drug-likeness (QED) is 0.410. The fourth-order valence-electron chi connectivity index (χ4n) is 3.94. The van der Waals surface area contributed by atoms with Crippen LogP contribution in [-0.2, 0) is 9.47 Å². The molecular weight excluding hydrogens is 278 g/mol. The van der Waals surface area contributed by atoms with Crippen LogP contribution in [0.15, 0.2) is 4.99 Å². The second-order valence-electron chi connectivity index (χ2n) is 6.27. The zero-order valence-corrected chi connectivity index (χ0v) is 14.5. The highest BCUT2D eigenvalue weighted by Gasteiger charge is 2.56. The van der Waals surface area contributed by atoms with Gasteiger partial charge in [0.15, 0.2) is 5.96 Å². The Kier molecular flexibility index (Phi) is 6.96. The first-order valence-corrected chi connectivity index (χ1v) is 9.01. The lowest BCUT2D eigenvalue weighted by Gasteiger charge is -2.54. The third-order valence-electron chi connectivity index (χ3n) is 5.05. The van der Waals surface area contributed by atoms with Crippen LogP contribution in [-0.4, -0.2) is 51.0 Å². The molecule has 22 heavy (non-hydrogen) atoms. The maximum Gasteiger partial charge on any atom is 0.191 e. The second-order valence-corrected chi connectivity index (χ2v) is 6.27. The molecule has 2 rings (SSSR count). The van der Waals surface area contributed by atoms with E-state index < -0.39 is 0 Å². The first-order chi connectivity index (χ1) is 10.8. The van der Waals surface area contributed by atoms with Gasteiger partial charge in [0.2, 0.25) is 0 Å². The van der Waals surface area contributed by atoms with E-state index in [1.165, 1.54) is 25.7 Å². The first-order valence-electron chi connectivity index (χ1n) is 9.01. The van der Waals surface area contributed by atoms with Crippen LogP contribution in [0, 0.1) is 5.41 Å². The Bertz CT molecular complexity index is 354. The molecule has 2 fully saturated rings. The summed E-state index contributed by atoms with van der Waals surface area (Å²) in [4.78, 5) is 4.63. The SMILES string of the molecule is CCNC(=NCCOCC)NC1CC(OCC)C12CCCC2. The van der Waals surface area contributed by atoms with E-state index in [1.54, 1.807) is 0 Å². The van der Waals surface area contributed by atoms with Crippen LogP contribution >= 0.6 is 0 Å². The van der Waals surface area contributed by atoms with Gasteiger partial charge in [0.25, 0.3) is 0 Å². The number of nitrogens with zero attached hydrogens (tertiary/aromatic N) is 1. The van der Waals surface area contributed by atoms with Crippen molar-refractivity contribution in [3.05, 3.63) is 0 Å². The molecule has 0 saturated heterocycles. The minimum atomic E-state index is 0.339. The predicted octanol–water partition coefficient (Wildman–Crippen LogP) is 2.32. The van der Waals surface area contributed by atoms with Crippen LogP contribution in [0.5, 0.6) is 0 Å². The van der Waals surface area contributed by atoms with Crippen molar-refractivity contribution >= 4 is 5.96 Å². The number of aliphatic imine (C=N–C) groups is 1. The van der Waals surface area contributed by atoms with E-state index >= 15 is 0 Å². The van der Waals surface area contributed by atoms with E-state index in [0.29, 0.717) is 30.7 Å². The minimum absolute atomic E-state index is 0.339. The summed E-state index contributed by atoms with van der Waals surface area (Å²) in [6, 6.07) is 0.497. The van der Waals surface area contributed by atoms with E-state index in [-0.39, 0.29) is 0 Å². The summed E-state index contributed by atoms with van der Waals surface area (Å²) in [5, 5.41) is 7.01. The van der Waals surface area contributed by atoms with Crippen molar-refractivity contribution in [2.75, 3.05) is 32.9 Å². The van der Waals surface area contributed by atoms with Crippen LogP contribution in [0.1, 0.15) is 52.9 Å². The summed E-state index contributed by atoms with van der Waals surface area (Å²) < 4.78 is 11.3. The fraction of sp³-hybridized carbons (Fsp3) is 0.941. The lowest BCUT2D eigenvalue weighted by Crippen LogP contribution is -2.65. The smallest absolute Gasteiger partial charge is 0.191 e. The van der Waals surface area contributed by atoms with Crippen molar-refractivity contribution in [1.29, 1.82) is 0 Å². The van der Waals surface area contributed by atoms with Gasteiger partial charge < -0.3 is 20.1 Å². The minimum Gasteiger partial charge on any atom is -0.380 e. The Morgan fingerprint density at radius 2 is 1.95 bits per heavy atom. The molecule has 0 radical (unpaired) electrons. The maximum absolute atomic E-state index is 5.98. The average Bonchev–Trinajstić information content (AvgIpc) is 3.03. The van der Waals surface area contributed by atoms with Gasteiger partial charge in [-0.3, -0.25) is 4.99 Å². The molecule has 2 unspecified atom stereocenters. The van der Waals surface area contributed by atoms with E-state index in [0.717, 1.165) is 32.1 Å². The molecule has 2 saturated carbocycles. The molecule has 0 heterocycles. The summed E-state index contributed by atoms with van der Waals surface area (Å²) in [5.74, 6) is 0.924. The Labute approximate surface area is 135 Å². The van der Waals surface area contributed by atoms with Gasteiger partial charge in [-0.1, -0.05) is 12.8 Å². The Hall–Kier alpha value is -0.810. The fourth-order valence-corrected chi connectivity index (χ4v) is 3.94. The molecule has 0 aromatic heterocycles. The van der Waals surface area contributed by atoms with Gasteiger partial charge in [-0.25, -0.2) is 0 Å². The molecule has 0 aromatic rings. The Morgan fingerprint density at radius 1 is 1.18 bits per heavy atom. The zero-order valence-electron chi connectivity index (χ0n) is 14.5. The molecule has 2 aliphatic rings. The highest BCUT2D eigenvalue weighted by molar-refractivity contribution is 5.80. The topological polar surface area (TPSA) is 54.9 Å². The number of ether oxygens (including phenoxy) is 2. The Morgan fingerprint density at radius 3 is 2.59 bits per heavy atom. The summed E-state index contributed by atoms with van der Waals surface area (Å²) >= 11 is 0. The van der Waals surface area contributed by atoms with Crippen molar-refractivity contribution in [2.24, 2.45) is 10.4 Å². The number of nitrogens with one attached hydrogen (secondary N) is 2. The molecule has 0 aliphatic heterocycles. The molecule has 128 valence electrons. The largest absolute Gasteiger partial charge is 0.380 e. The van der Waals surface area contributed by atoms with Gasteiger partial charge >= 0.3 is 0 Å². The molecule has 2 atom stereocenters. The molecular formula is C17H33N3O2. The lowest BCUT2D eigenvalue weighted by molar-refractivity contribution is -0.125. The zero-order chi connectivity index (χ0) is 15.8. The van der Waals surface area contributed by atoms with Gasteiger partial charge in [-0.2, -0.15) is 0 Å². The van der Waals surface area contributed by atoms with E-state index in [1.807, 2.05) is 6.92 Å². The number of hydrogen-bond acceptors (Lipinski definition) is 3. The molecule has 0 aromatic carbocycles. The Balaban J connectivity index is 1.91. The van der Waals surface area contributed by atoms with Gasteiger partial charge in [-0.15, -0.1) is 0 Å². The van der Waals surface area contributed by atoms with Crippen molar-refractivity contribution in [3.63, 3.8) is 0 Å². The summed E-state index contributed by atoms with van der Waals surface area (Å²) in [5.41, 5.74) is 0.339. The van der Waals surface area contributed by atoms with Crippen LogP contribution in [0.25, 0.3) is 0 Å². The second kappa shape index (κ2) is 8.73. The molecule has 5 heteroatoms. The van der Waals surface area contributed by atoms with Crippen LogP contribution in [0.3, 0.4) is 0 Å². The van der Waals surface area contributed by atoms with Crippen LogP contribution in [0.4, 0.5) is 0 Å². The normalized spacial score (nSPS) is 27.0. The molecule has 2 aliphatic carbocycles. The van der Waals surface area contributed by atoms with Gasteiger partial charge in [0.05, 0.1) is 19.3 Å². The molecule has 2 N–H and O–H groups in total. The van der Waals surface area contributed by atoms with Crippen LogP contribution in [0.2, 0.25) is 0 Å². The van der Waals surface area contributed by atoms with Crippen LogP contribution < -0.4 is 10.6 Å². The summed E-state index contributed by atoms with van der Waals surface area (Å²) in [6.45, 7) is 10.1. The summed E-state index contributed by atoms with van der Waals surface area (Å²) in [7, 11) is 0. The van der Waals surface area contributed by atoms with E-state index in [9.17, 15) is 0 Å². The van der Waals surface area contributed by atoms with E-state index in [4.69, 9.17) is 9.47 Å². The molecule has 0 amide bonds. The van der Waals surface area contributed by atoms with Crippen molar-refractivity contribution < 1.29 is 9.47 Å². The summed E-state index contributed by atoms with van der Waals surface area (Å²) in [6.07, 6.45) is 6.77. The molecule has 1 spiro atoms. The van der Waals surface area contributed by atoms with Gasteiger partial charge in [0, 0.05) is 31.2 Å². The van der Waals surface area contributed by atoms with E-state index in [2.05, 4.69) is 29.5 Å². The lowest BCUT2D eigenvalue weighted by atomic mass is 9.60. The monoisotopic (exact) mass is 311 g/mol. The predicted molar refractivity (Wildman–Crippen MR) is 90.3 cm³/mol. The number of hydrogen-bond donors (Lipinski definition) is 2. The van der Waals surface area contributed by atoms with Crippen molar-refractivity contribution in [1.82, 2.24) is 10.6 Å².